The van der Waals surface area contributed by atoms with Crippen LogP contribution in [0, 0.1) is 0 Å². The zero-order valence-electron chi connectivity index (χ0n) is 12.2. The van der Waals surface area contributed by atoms with Gasteiger partial charge in [0, 0.05) is 19.3 Å². The molecule has 0 saturated heterocycles. The Hall–Kier alpha value is -1.62. The van der Waals surface area contributed by atoms with E-state index in [1.54, 1.807) is 0 Å². The molecule has 0 fully saturated rings. The Morgan fingerprint density at radius 3 is 2.47 bits per heavy atom. The smallest absolute Gasteiger partial charge is 0.0916 e. The minimum Gasteiger partial charge on any atom is -0.307 e. The molecule has 0 aliphatic rings. The number of aromatic nitrogens is 4. The van der Waals surface area contributed by atoms with Crippen molar-refractivity contribution < 1.29 is 0 Å². The normalized spacial score (nSPS) is 12.8. The van der Waals surface area contributed by atoms with E-state index in [-0.39, 0.29) is 6.04 Å². The monoisotopic (exact) mass is 261 g/mol. The fourth-order valence-corrected chi connectivity index (χ4v) is 2.44. The van der Waals surface area contributed by atoms with Gasteiger partial charge in [-0.2, -0.15) is 10.2 Å². The van der Waals surface area contributed by atoms with Gasteiger partial charge in [0.2, 0.25) is 0 Å². The highest BCUT2D eigenvalue weighted by Gasteiger charge is 2.20. The van der Waals surface area contributed by atoms with E-state index in [0.29, 0.717) is 0 Å². The molecule has 2 aromatic heterocycles. The summed E-state index contributed by atoms with van der Waals surface area (Å²) in [6, 6.07) is 4.40. The summed E-state index contributed by atoms with van der Waals surface area (Å²) in [5, 5.41) is 12.4. The third kappa shape index (κ3) is 2.56. The van der Waals surface area contributed by atoms with Crippen LogP contribution in [0.1, 0.15) is 43.9 Å². The number of nitrogens with zero attached hydrogens (tertiary/aromatic N) is 4. The SMILES string of the molecule is CCc1cc(C(NC)c2ccnn2CC)n(CC)n1. The van der Waals surface area contributed by atoms with E-state index in [9.17, 15) is 0 Å². The summed E-state index contributed by atoms with van der Waals surface area (Å²) < 4.78 is 4.10. The van der Waals surface area contributed by atoms with Crippen LogP contribution in [0.15, 0.2) is 18.3 Å². The second-order valence-corrected chi connectivity index (χ2v) is 4.52. The molecule has 5 heteroatoms. The van der Waals surface area contributed by atoms with Crippen molar-refractivity contribution in [2.45, 2.75) is 46.3 Å². The van der Waals surface area contributed by atoms with Gasteiger partial charge < -0.3 is 5.32 Å². The average Bonchev–Trinajstić information content (AvgIpc) is 3.06. The molecule has 1 unspecified atom stereocenters. The first kappa shape index (κ1) is 13.8. The third-order valence-electron chi connectivity index (χ3n) is 3.45. The van der Waals surface area contributed by atoms with E-state index in [1.807, 2.05) is 17.9 Å². The fraction of sp³-hybridized carbons (Fsp3) is 0.571. The second-order valence-electron chi connectivity index (χ2n) is 4.52. The molecule has 0 aliphatic heterocycles. The van der Waals surface area contributed by atoms with Crippen molar-refractivity contribution in [3.8, 4) is 0 Å². The lowest BCUT2D eigenvalue weighted by Gasteiger charge is -2.18. The number of nitrogens with one attached hydrogen (secondary N) is 1. The summed E-state index contributed by atoms with van der Waals surface area (Å²) in [4.78, 5) is 0. The molecule has 0 saturated carbocycles. The Morgan fingerprint density at radius 1 is 1.16 bits per heavy atom. The van der Waals surface area contributed by atoms with E-state index in [0.717, 1.165) is 25.2 Å². The standard InChI is InChI=1S/C14H23N5/c1-5-11-10-13(19(7-3)17-11)14(15-4)12-8-9-16-18(12)6-2/h8-10,14-15H,5-7H2,1-4H3. The highest BCUT2D eigenvalue weighted by Crippen LogP contribution is 2.22. The molecule has 19 heavy (non-hydrogen) atoms. The molecule has 0 radical (unpaired) electrons. The van der Waals surface area contributed by atoms with Crippen LogP contribution in [0.2, 0.25) is 0 Å². The molecule has 1 N–H and O–H groups in total. The highest BCUT2D eigenvalue weighted by atomic mass is 15.3. The summed E-state index contributed by atoms with van der Waals surface area (Å²) in [5.41, 5.74) is 3.53. The van der Waals surface area contributed by atoms with Crippen LogP contribution < -0.4 is 5.32 Å². The number of rotatable bonds is 6. The van der Waals surface area contributed by atoms with E-state index in [1.165, 1.54) is 11.4 Å². The molecular formula is C14H23N5. The first-order valence-corrected chi connectivity index (χ1v) is 7.00. The maximum atomic E-state index is 4.63. The van der Waals surface area contributed by atoms with Crippen LogP contribution in [0.4, 0.5) is 0 Å². The topological polar surface area (TPSA) is 47.7 Å². The lowest BCUT2D eigenvalue weighted by atomic mass is 10.1. The van der Waals surface area contributed by atoms with Crippen molar-refractivity contribution in [3.05, 3.63) is 35.4 Å². The minimum atomic E-state index is 0.134. The van der Waals surface area contributed by atoms with E-state index >= 15 is 0 Å². The molecule has 0 aromatic carbocycles. The quantitative estimate of drug-likeness (QED) is 0.865. The summed E-state index contributed by atoms with van der Waals surface area (Å²) in [6.07, 6.45) is 2.82. The summed E-state index contributed by atoms with van der Waals surface area (Å²) >= 11 is 0. The summed E-state index contributed by atoms with van der Waals surface area (Å²) in [6.45, 7) is 8.13. The van der Waals surface area contributed by atoms with Crippen molar-refractivity contribution in [3.63, 3.8) is 0 Å². The summed E-state index contributed by atoms with van der Waals surface area (Å²) in [7, 11) is 1.98. The van der Waals surface area contributed by atoms with E-state index in [4.69, 9.17) is 0 Å². The maximum Gasteiger partial charge on any atom is 0.0916 e. The Morgan fingerprint density at radius 2 is 1.89 bits per heavy atom. The third-order valence-corrected chi connectivity index (χ3v) is 3.45. The van der Waals surface area contributed by atoms with Crippen LogP contribution in [-0.4, -0.2) is 26.6 Å². The maximum absolute atomic E-state index is 4.63. The van der Waals surface area contributed by atoms with Crippen LogP contribution in [-0.2, 0) is 19.5 Å². The highest BCUT2D eigenvalue weighted by molar-refractivity contribution is 5.24. The van der Waals surface area contributed by atoms with E-state index < -0.39 is 0 Å². The molecule has 1 atom stereocenters. The van der Waals surface area contributed by atoms with Gasteiger partial charge in [-0.15, -0.1) is 0 Å². The van der Waals surface area contributed by atoms with E-state index in [2.05, 4.69) is 53.1 Å². The molecule has 0 aliphatic carbocycles. The number of aryl methyl sites for hydroxylation is 3. The minimum absolute atomic E-state index is 0.134. The second kappa shape index (κ2) is 6.02. The Balaban J connectivity index is 2.44. The van der Waals surface area contributed by atoms with Gasteiger partial charge in [0.15, 0.2) is 0 Å². The molecule has 0 amide bonds. The molecule has 104 valence electrons. The number of hydrogen-bond donors (Lipinski definition) is 1. The lowest BCUT2D eigenvalue weighted by molar-refractivity contribution is 0.517. The van der Waals surface area contributed by atoms with Crippen LogP contribution in [0.3, 0.4) is 0 Å². The molecule has 2 rings (SSSR count). The van der Waals surface area contributed by atoms with Crippen LogP contribution in [0.5, 0.6) is 0 Å². The molecule has 0 spiro atoms. The van der Waals surface area contributed by atoms with Crippen molar-refractivity contribution >= 4 is 0 Å². The molecular weight excluding hydrogens is 238 g/mol. The Kier molecular flexibility index (Phi) is 4.37. The fourth-order valence-electron chi connectivity index (χ4n) is 2.44. The van der Waals surface area contributed by atoms with Gasteiger partial charge in [-0.1, -0.05) is 6.92 Å². The average molecular weight is 261 g/mol. The zero-order valence-corrected chi connectivity index (χ0v) is 12.2. The van der Waals surface area contributed by atoms with Crippen molar-refractivity contribution in [1.29, 1.82) is 0 Å². The largest absolute Gasteiger partial charge is 0.307 e. The summed E-state index contributed by atoms with van der Waals surface area (Å²) in [5.74, 6) is 0. The van der Waals surface area contributed by atoms with Crippen molar-refractivity contribution in [2.75, 3.05) is 7.05 Å². The van der Waals surface area contributed by atoms with Gasteiger partial charge in [0.05, 0.1) is 23.1 Å². The molecule has 0 bridgehead atoms. The van der Waals surface area contributed by atoms with Gasteiger partial charge in [0.1, 0.15) is 0 Å². The zero-order chi connectivity index (χ0) is 13.8. The van der Waals surface area contributed by atoms with Crippen LogP contribution >= 0.6 is 0 Å². The lowest BCUT2D eigenvalue weighted by Crippen LogP contribution is -2.24. The first-order valence-electron chi connectivity index (χ1n) is 7.00. The van der Waals surface area contributed by atoms with Gasteiger partial charge in [-0.05, 0) is 39.4 Å². The predicted octanol–water partition coefficient (Wildman–Crippen LogP) is 1.99. The van der Waals surface area contributed by atoms with Crippen molar-refractivity contribution in [2.24, 2.45) is 0 Å². The van der Waals surface area contributed by atoms with Gasteiger partial charge in [0.25, 0.3) is 0 Å². The molecule has 5 nitrogen and oxygen atoms in total. The Labute approximate surface area is 114 Å². The van der Waals surface area contributed by atoms with Crippen LogP contribution in [0.25, 0.3) is 0 Å². The first-order chi connectivity index (χ1) is 9.24. The van der Waals surface area contributed by atoms with Gasteiger partial charge >= 0.3 is 0 Å². The molecule has 2 heterocycles. The predicted molar refractivity (Wildman–Crippen MR) is 76.1 cm³/mol. The molecule has 2 aromatic rings. The number of hydrogen-bond acceptors (Lipinski definition) is 3. The van der Waals surface area contributed by atoms with Gasteiger partial charge in [-0.3, -0.25) is 9.36 Å². The Bertz CT molecular complexity index is 526. The van der Waals surface area contributed by atoms with Gasteiger partial charge in [-0.25, -0.2) is 0 Å². The van der Waals surface area contributed by atoms with Crippen molar-refractivity contribution in [1.82, 2.24) is 24.9 Å².